The molecule has 4 heterocycles. The molecule has 0 amide bonds. The first-order valence-corrected chi connectivity index (χ1v) is 22.0. The summed E-state index contributed by atoms with van der Waals surface area (Å²) in [7, 11) is 0. The van der Waals surface area contributed by atoms with Crippen LogP contribution in [-0.4, -0.2) is 24.1 Å². The average molecular weight is 822 g/mol. The highest BCUT2D eigenvalue weighted by atomic mass is 32.1. The van der Waals surface area contributed by atoms with Gasteiger partial charge in [0.1, 0.15) is 0 Å². The van der Waals surface area contributed by atoms with Gasteiger partial charge in [0.2, 0.25) is 0 Å². The molecule has 0 saturated carbocycles. The van der Waals surface area contributed by atoms with Crippen molar-refractivity contribution in [2.45, 2.75) is 0 Å². The summed E-state index contributed by atoms with van der Waals surface area (Å²) in [6, 6.07) is 75.7. The van der Waals surface area contributed by atoms with Gasteiger partial charge in [-0.3, -0.25) is 0 Å². The van der Waals surface area contributed by atoms with Gasteiger partial charge < -0.3 is 9.13 Å². The highest BCUT2D eigenvalue weighted by Crippen LogP contribution is 2.41. The zero-order valence-electron chi connectivity index (χ0n) is 33.9. The summed E-state index contributed by atoms with van der Waals surface area (Å²) in [5, 5.41) is 7.25. The van der Waals surface area contributed by atoms with E-state index in [4.69, 9.17) is 15.0 Å². The molecule has 0 aliphatic rings. The Hall–Kier alpha value is -8.19. The first-order valence-electron chi connectivity index (χ1n) is 21.2. The third-order valence-electron chi connectivity index (χ3n) is 12.4. The predicted octanol–water partition coefficient (Wildman–Crippen LogP) is 15.1. The molecule has 0 N–H and O–H groups in total. The van der Waals surface area contributed by atoms with Crippen LogP contribution in [-0.2, 0) is 0 Å². The smallest absolute Gasteiger partial charge is 0.166 e. The minimum Gasteiger partial charge on any atom is -0.309 e. The fourth-order valence-corrected chi connectivity index (χ4v) is 10.6. The van der Waals surface area contributed by atoms with Crippen LogP contribution >= 0.6 is 11.3 Å². The number of hydrogen-bond donors (Lipinski definition) is 0. The topological polar surface area (TPSA) is 48.5 Å². The van der Waals surface area contributed by atoms with E-state index in [0.717, 1.165) is 39.1 Å². The average Bonchev–Trinajstić information content (AvgIpc) is 4.01. The lowest BCUT2D eigenvalue weighted by Gasteiger charge is -2.15. The van der Waals surface area contributed by atoms with Gasteiger partial charge in [-0.05, 0) is 83.9 Å². The SMILES string of the molecule is c1ccc(-c2ccc3c(c2)c2ccc(-n4c5ccccc5c5ccccc54)cc2n3-c2ccccc2-c2nc(-c3ccccc3)nc(-c3ccc4sc5ccccc5c4c3)n2)cc1. The largest absolute Gasteiger partial charge is 0.309 e. The first-order chi connectivity index (χ1) is 31.2. The monoisotopic (exact) mass is 821 g/mol. The highest BCUT2D eigenvalue weighted by molar-refractivity contribution is 7.25. The van der Waals surface area contributed by atoms with E-state index in [1.807, 2.05) is 29.5 Å². The molecule has 5 nitrogen and oxygen atoms in total. The molecular weight excluding hydrogens is 787 g/mol. The second kappa shape index (κ2) is 14.2. The van der Waals surface area contributed by atoms with Gasteiger partial charge in [0.05, 0.1) is 27.8 Å². The van der Waals surface area contributed by atoms with Crippen LogP contribution < -0.4 is 0 Å². The molecule has 0 bridgehead atoms. The summed E-state index contributed by atoms with van der Waals surface area (Å²) in [5.74, 6) is 1.87. The Morgan fingerprint density at radius 1 is 0.302 bits per heavy atom. The number of fused-ring (bicyclic) bond motifs is 9. The number of rotatable bonds is 6. The van der Waals surface area contributed by atoms with Crippen LogP contribution in [0.25, 0.3) is 120 Å². The molecule has 13 aromatic rings. The number of nitrogens with zero attached hydrogens (tertiary/aromatic N) is 5. The van der Waals surface area contributed by atoms with Crippen molar-refractivity contribution in [3.63, 3.8) is 0 Å². The second-order valence-corrected chi connectivity index (χ2v) is 17.1. The van der Waals surface area contributed by atoms with Gasteiger partial charge in [0.25, 0.3) is 0 Å². The van der Waals surface area contributed by atoms with E-state index in [2.05, 4.69) is 203 Å². The predicted molar refractivity (Wildman–Crippen MR) is 263 cm³/mol. The second-order valence-electron chi connectivity index (χ2n) is 16.0. The molecule has 0 spiro atoms. The van der Waals surface area contributed by atoms with Crippen LogP contribution in [0.2, 0.25) is 0 Å². The Kier molecular flexibility index (Phi) is 8.01. The van der Waals surface area contributed by atoms with E-state index in [1.165, 1.54) is 63.9 Å². The summed E-state index contributed by atoms with van der Waals surface area (Å²) in [6.45, 7) is 0. The molecular formula is C57H35N5S. The van der Waals surface area contributed by atoms with Crippen molar-refractivity contribution in [1.82, 2.24) is 24.1 Å². The van der Waals surface area contributed by atoms with E-state index < -0.39 is 0 Å². The molecule has 0 radical (unpaired) electrons. The van der Waals surface area contributed by atoms with E-state index >= 15 is 0 Å². The lowest BCUT2D eigenvalue weighted by Crippen LogP contribution is -2.04. The number of aromatic nitrogens is 5. The third-order valence-corrected chi connectivity index (χ3v) is 13.5. The maximum atomic E-state index is 5.35. The van der Waals surface area contributed by atoms with Crippen molar-refractivity contribution in [3.8, 4) is 56.7 Å². The molecule has 63 heavy (non-hydrogen) atoms. The van der Waals surface area contributed by atoms with Crippen LogP contribution in [0, 0.1) is 0 Å². The first kappa shape index (κ1) is 35.6. The molecule has 0 aliphatic heterocycles. The van der Waals surface area contributed by atoms with Crippen LogP contribution in [0.4, 0.5) is 0 Å². The van der Waals surface area contributed by atoms with E-state index in [-0.39, 0.29) is 0 Å². The van der Waals surface area contributed by atoms with E-state index in [9.17, 15) is 0 Å². The van der Waals surface area contributed by atoms with Crippen molar-refractivity contribution in [2.24, 2.45) is 0 Å². The van der Waals surface area contributed by atoms with Crippen molar-refractivity contribution in [1.29, 1.82) is 0 Å². The Morgan fingerprint density at radius 2 is 0.857 bits per heavy atom. The summed E-state index contributed by atoms with van der Waals surface area (Å²) >= 11 is 1.81. The molecule has 0 fully saturated rings. The number of para-hydroxylation sites is 3. The molecule has 0 saturated heterocycles. The van der Waals surface area contributed by atoms with Crippen molar-refractivity contribution >= 4 is 75.1 Å². The van der Waals surface area contributed by atoms with Crippen molar-refractivity contribution < 1.29 is 0 Å². The molecule has 294 valence electrons. The van der Waals surface area contributed by atoms with Gasteiger partial charge in [0, 0.05) is 64.1 Å². The third kappa shape index (κ3) is 5.73. The minimum absolute atomic E-state index is 0.610. The van der Waals surface area contributed by atoms with Crippen molar-refractivity contribution in [2.75, 3.05) is 0 Å². The van der Waals surface area contributed by atoms with Gasteiger partial charge in [-0.15, -0.1) is 11.3 Å². The van der Waals surface area contributed by atoms with Gasteiger partial charge in [-0.25, -0.2) is 15.0 Å². The zero-order valence-corrected chi connectivity index (χ0v) is 34.7. The van der Waals surface area contributed by atoms with Crippen LogP contribution in [0.3, 0.4) is 0 Å². The van der Waals surface area contributed by atoms with E-state index in [1.54, 1.807) is 0 Å². The number of hydrogen-bond acceptors (Lipinski definition) is 4. The molecule has 6 heteroatoms. The maximum Gasteiger partial charge on any atom is 0.166 e. The lowest BCUT2D eigenvalue weighted by molar-refractivity contribution is 1.06. The molecule has 4 aromatic heterocycles. The molecule has 13 rings (SSSR count). The Balaban J connectivity index is 1.07. The number of thiophene rings is 1. The Labute approximate surface area is 366 Å². The normalized spacial score (nSPS) is 11.8. The van der Waals surface area contributed by atoms with Gasteiger partial charge in [-0.1, -0.05) is 140 Å². The molecule has 0 atom stereocenters. The summed E-state index contributed by atoms with van der Waals surface area (Å²) in [4.78, 5) is 15.8. The molecule has 9 aromatic carbocycles. The quantitative estimate of drug-likeness (QED) is 0.168. The fraction of sp³-hybridized carbons (Fsp3) is 0. The Bertz CT molecular complexity index is 3860. The lowest BCUT2D eigenvalue weighted by atomic mass is 10.0. The summed E-state index contributed by atoms with van der Waals surface area (Å²) in [6.07, 6.45) is 0. The number of benzene rings is 9. The van der Waals surface area contributed by atoms with E-state index in [0.29, 0.717) is 17.5 Å². The highest BCUT2D eigenvalue weighted by Gasteiger charge is 2.21. The summed E-state index contributed by atoms with van der Waals surface area (Å²) < 4.78 is 7.31. The standard InChI is InChI=1S/C57H35N5S/c1-3-15-36(16-4-1)38-27-31-51-46(33-38)43-30-29-40(61-48-23-11-7-19-41(48)42-20-8-12-24-49(42)61)35-52(43)62(51)50-25-13-9-22-45(50)57-59-55(37-17-5-2-6-18-37)58-56(60-57)39-28-32-54-47(34-39)44-21-10-14-26-53(44)63-54/h1-35H. The van der Waals surface area contributed by atoms with Gasteiger partial charge >= 0.3 is 0 Å². The van der Waals surface area contributed by atoms with Crippen molar-refractivity contribution in [3.05, 3.63) is 212 Å². The maximum absolute atomic E-state index is 5.35. The molecule has 0 unspecified atom stereocenters. The van der Waals surface area contributed by atoms with Crippen LogP contribution in [0.5, 0.6) is 0 Å². The zero-order chi connectivity index (χ0) is 41.4. The van der Waals surface area contributed by atoms with Crippen LogP contribution in [0.1, 0.15) is 0 Å². The van der Waals surface area contributed by atoms with Crippen LogP contribution in [0.15, 0.2) is 212 Å². The minimum atomic E-state index is 0.610. The Morgan fingerprint density at radius 3 is 1.63 bits per heavy atom. The summed E-state index contributed by atoms with van der Waals surface area (Å²) in [5.41, 5.74) is 11.8. The van der Waals surface area contributed by atoms with Gasteiger partial charge in [0.15, 0.2) is 17.5 Å². The fourth-order valence-electron chi connectivity index (χ4n) is 9.48. The molecule has 0 aliphatic carbocycles. The van der Waals surface area contributed by atoms with Gasteiger partial charge in [-0.2, -0.15) is 0 Å².